The van der Waals surface area contributed by atoms with E-state index in [1.807, 2.05) is 0 Å². The molecule has 0 amide bonds. The third kappa shape index (κ3) is 4.72. The molecule has 2 unspecified atom stereocenters. The van der Waals surface area contributed by atoms with Gasteiger partial charge in [-0.3, -0.25) is 0 Å². The predicted molar refractivity (Wildman–Crippen MR) is 219 cm³/mol. The van der Waals surface area contributed by atoms with Gasteiger partial charge in [-0.1, -0.05) is 146 Å². The molecule has 0 bridgehead atoms. The molecule has 0 radical (unpaired) electrons. The Morgan fingerprint density at radius 3 is 1.83 bits per heavy atom. The highest BCUT2D eigenvalue weighted by molar-refractivity contribution is 6.08. The molecule has 2 aliphatic rings. The molecule has 1 aromatic heterocycles. The second-order valence-corrected chi connectivity index (χ2v) is 14.3. The molecule has 0 aliphatic heterocycles. The number of aromatic amines is 1. The molecule has 2 atom stereocenters. The largest absolute Gasteiger partial charge is 0.354 e. The molecular weight excluding hydrogens is 629 g/mol. The van der Waals surface area contributed by atoms with Crippen molar-refractivity contribution < 1.29 is 0 Å². The minimum atomic E-state index is -0.379. The quantitative estimate of drug-likeness (QED) is 0.187. The second-order valence-electron chi connectivity index (χ2n) is 14.3. The van der Waals surface area contributed by atoms with Crippen LogP contribution in [0, 0.1) is 5.92 Å². The molecule has 10 rings (SSSR count). The normalized spacial score (nSPS) is 17.8. The van der Waals surface area contributed by atoms with E-state index in [0.717, 1.165) is 34.5 Å². The number of rotatable bonds is 6. The average molecular weight is 667 g/mol. The van der Waals surface area contributed by atoms with Crippen molar-refractivity contribution in [3.8, 4) is 11.1 Å². The highest BCUT2D eigenvalue weighted by atomic mass is 15.1. The molecule has 0 spiro atoms. The molecule has 1 heterocycles. The highest BCUT2D eigenvalue weighted by Gasteiger charge is 2.47. The second kappa shape index (κ2) is 12.1. The Bertz CT molecular complexity index is 2610. The maximum Gasteiger partial charge on any atom is 0.0710 e. The average Bonchev–Trinajstić information content (AvgIpc) is 3.72. The van der Waals surface area contributed by atoms with Gasteiger partial charge in [0.25, 0.3) is 0 Å². The van der Waals surface area contributed by atoms with Crippen LogP contribution in [0.3, 0.4) is 0 Å². The summed E-state index contributed by atoms with van der Waals surface area (Å²) in [5.74, 6) is 0.520. The predicted octanol–water partition coefficient (Wildman–Crippen LogP) is 13.2. The number of allylic oxidation sites excluding steroid dienone is 4. The summed E-state index contributed by atoms with van der Waals surface area (Å²) in [4.78, 5) is 6.16. The van der Waals surface area contributed by atoms with Crippen LogP contribution in [0.5, 0.6) is 0 Å². The maximum absolute atomic E-state index is 3.85. The van der Waals surface area contributed by atoms with Gasteiger partial charge in [-0.25, -0.2) is 0 Å². The van der Waals surface area contributed by atoms with Crippen molar-refractivity contribution in [3.05, 3.63) is 216 Å². The summed E-state index contributed by atoms with van der Waals surface area (Å²) in [6.07, 6.45) is 5.88. The van der Waals surface area contributed by atoms with Crippen LogP contribution >= 0.6 is 0 Å². The third-order valence-corrected chi connectivity index (χ3v) is 11.2. The Morgan fingerprint density at radius 1 is 0.538 bits per heavy atom. The fourth-order valence-electron chi connectivity index (χ4n) is 8.89. The van der Waals surface area contributed by atoms with Gasteiger partial charge < -0.3 is 9.88 Å². The summed E-state index contributed by atoms with van der Waals surface area (Å²) in [7, 11) is 0. The van der Waals surface area contributed by atoms with E-state index >= 15 is 0 Å². The number of benzene rings is 7. The van der Waals surface area contributed by atoms with Gasteiger partial charge in [-0.05, 0) is 105 Å². The molecule has 1 N–H and O–H groups in total. The minimum absolute atomic E-state index is 0.379. The molecule has 0 fully saturated rings. The maximum atomic E-state index is 3.85. The minimum Gasteiger partial charge on any atom is -0.354 e. The van der Waals surface area contributed by atoms with Crippen molar-refractivity contribution in [1.29, 1.82) is 0 Å². The van der Waals surface area contributed by atoms with Gasteiger partial charge in [-0.2, -0.15) is 0 Å². The Hall–Kier alpha value is -6.38. The summed E-state index contributed by atoms with van der Waals surface area (Å²) >= 11 is 0. The Labute approximate surface area is 305 Å². The van der Waals surface area contributed by atoms with Crippen molar-refractivity contribution in [2.24, 2.45) is 5.92 Å². The van der Waals surface area contributed by atoms with Crippen molar-refractivity contribution in [3.63, 3.8) is 0 Å². The molecule has 0 saturated carbocycles. The summed E-state index contributed by atoms with van der Waals surface area (Å²) in [5, 5.41) is 2.49. The van der Waals surface area contributed by atoms with E-state index < -0.39 is 0 Å². The van der Waals surface area contributed by atoms with Crippen LogP contribution in [-0.4, -0.2) is 4.98 Å². The fraction of sp³-hybridized carbons (Fsp3) is 0.0800. The molecule has 2 nitrogen and oxygen atoms in total. The van der Waals surface area contributed by atoms with Gasteiger partial charge in [0.15, 0.2) is 0 Å². The molecule has 7 aromatic carbocycles. The fourth-order valence-corrected chi connectivity index (χ4v) is 8.89. The number of nitrogens with zero attached hydrogens (tertiary/aromatic N) is 1. The van der Waals surface area contributed by atoms with Crippen LogP contribution in [0.25, 0.3) is 38.5 Å². The van der Waals surface area contributed by atoms with Crippen LogP contribution < -0.4 is 4.90 Å². The number of hydrogen-bond donors (Lipinski definition) is 1. The zero-order chi connectivity index (χ0) is 34.6. The van der Waals surface area contributed by atoms with Gasteiger partial charge in [0.1, 0.15) is 0 Å². The lowest BCUT2D eigenvalue weighted by molar-refractivity contribution is 0.718. The lowest BCUT2D eigenvalue weighted by Gasteiger charge is -2.35. The van der Waals surface area contributed by atoms with Crippen LogP contribution in [0.15, 0.2) is 194 Å². The van der Waals surface area contributed by atoms with Gasteiger partial charge in [-0.15, -0.1) is 0 Å². The first-order valence-electron chi connectivity index (χ1n) is 18.3. The Kier molecular flexibility index (Phi) is 7.11. The van der Waals surface area contributed by atoms with Crippen LogP contribution in [0.1, 0.15) is 35.6 Å². The monoisotopic (exact) mass is 666 g/mol. The molecule has 2 heteroatoms. The van der Waals surface area contributed by atoms with Crippen molar-refractivity contribution in [2.45, 2.75) is 18.8 Å². The van der Waals surface area contributed by atoms with Gasteiger partial charge >= 0.3 is 0 Å². The standard InChI is InChI=1S/C50H38N2/c1-34-21-30-47-45(31-34)42-19-11-12-20-46(42)50(47,37-13-5-2-6-14-37)38-25-29-44-43-28-24-36(32-48(43)51-49(44)33-38)35-22-26-41(27-23-35)52(39-15-7-3-8-16-39)40-17-9-4-10-18-40/h2-30,32-34,51H,31H2,1H3. The van der Waals surface area contributed by atoms with E-state index in [0.29, 0.717) is 5.92 Å². The molecule has 0 saturated heterocycles. The first-order chi connectivity index (χ1) is 25.7. The summed E-state index contributed by atoms with van der Waals surface area (Å²) in [6.45, 7) is 2.33. The lowest BCUT2D eigenvalue weighted by atomic mass is 9.66. The zero-order valence-electron chi connectivity index (χ0n) is 29.1. The van der Waals surface area contributed by atoms with E-state index in [4.69, 9.17) is 0 Å². The summed E-state index contributed by atoms with van der Waals surface area (Å²) < 4.78 is 0. The SMILES string of the molecule is CC1C=CC2=C(C1)c1ccccc1C2(c1ccccc1)c1ccc2c(c1)[nH]c1cc(-c3ccc(N(c4ccccc4)c4ccccc4)cc3)ccc12. The summed E-state index contributed by atoms with van der Waals surface area (Å²) in [6, 6.07) is 64.2. The molecule has 52 heavy (non-hydrogen) atoms. The van der Waals surface area contributed by atoms with E-state index in [9.17, 15) is 0 Å². The zero-order valence-corrected chi connectivity index (χ0v) is 29.1. The highest BCUT2D eigenvalue weighted by Crippen LogP contribution is 2.57. The van der Waals surface area contributed by atoms with Crippen molar-refractivity contribution in [2.75, 3.05) is 4.90 Å². The molecular formula is C50H38N2. The van der Waals surface area contributed by atoms with E-state index in [1.54, 1.807) is 0 Å². The first kappa shape index (κ1) is 30.4. The molecule has 2 aliphatic carbocycles. The van der Waals surface area contributed by atoms with E-state index in [1.165, 1.54) is 55.3 Å². The number of fused-ring (bicyclic) bond motifs is 5. The number of para-hydroxylation sites is 2. The van der Waals surface area contributed by atoms with Gasteiger partial charge in [0.05, 0.1) is 5.41 Å². The van der Waals surface area contributed by atoms with Crippen molar-refractivity contribution >= 4 is 44.4 Å². The van der Waals surface area contributed by atoms with Crippen LogP contribution in [0.4, 0.5) is 17.1 Å². The van der Waals surface area contributed by atoms with E-state index in [2.05, 4.69) is 205 Å². The topological polar surface area (TPSA) is 19.0 Å². The van der Waals surface area contributed by atoms with Crippen molar-refractivity contribution in [1.82, 2.24) is 4.98 Å². The molecule has 248 valence electrons. The number of anilines is 3. The molecule has 8 aromatic rings. The number of hydrogen-bond acceptors (Lipinski definition) is 1. The summed E-state index contributed by atoms with van der Waals surface area (Å²) in [5.41, 5.74) is 16.0. The van der Waals surface area contributed by atoms with Gasteiger partial charge in [0.2, 0.25) is 0 Å². The van der Waals surface area contributed by atoms with E-state index in [-0.39, 0.29) is 5.41 Å². The lowest BCUT2D eigenvalue weighted by Crippen LogP contribution is -2.29. The Morgan fingerprint density at radius 2 is 1.12 bits per heavy atom. The van der Waals surface area contributed by atoms with Gasteiger partial charge in [0, 0.05) is 38.9 Å². The number of nitrogens with one attached hydrogen (secondary N) is 1. The first-order valence-corrected chi connectivity index (χ1v) is 18.3. The smallest absolute Gasteiger partial charge is 0.0710 e. The Balaban J connectivity index is 1.07. The number of aromatic nitrogens is 1. The van der Waals surface area contributed by atoms with Crippen LogP contribution in [-0.2, 0) is 5.41 Å². The number of H-pyrrole nitrogens is 1. The van der Waals surface area contributed by atoms with Crippen LogP contribution in [0.2, 0.25) is 0 Å². The third-order valence-electron chi connectivity index (χ3n) is 11.2.